The number of likely N-dealkylation sites (tertiary alicyclic amines) is 1. The van der Waals surface area contributed by atoms with Gasteiger partial charge in [-0.05, 0) is 51.7 Å². The number of rotatable bonds is 8. The third-order valence-electron chi connectivity index (χ3n) is 5.18. The average Bonchev–Trinajstić information content (AvgIpc) is 3.04. The van der Waals surface area contributed by atoms with Crippen molar-refractivity contribution in [2.45, 2.75) is 58.3 Å². The summed E-state index contributed by atoms with van der Waals surface area (Å²) in [4.78, 5) is 1.75. The zero-order chi connectivity index (χ0) is 18.4. The van der Waals surface area contributed by atoms with Gasteiger partial charge in [0.05, 0.1) is 31.9 Å². The van der Waals surface area contributed by atoms with Crippen LogP contribution < -0.4 is 10.2 Å². The molecule has 1 aromatic heterocycles. The molecule has 2 heterocycles. The molecule has 1 aromatic carbocycles. The standard InChI is InChI=1S/C20H31N5S/c1-4-25-19(15-21-18-9-8-16(2)14-17(18)3)22-23-20(25)26-13-12-24-10-6-5-7-11-24/h8-9,14,21H,4-7,10-13,15H2,1-3H3/p+1. The van der Waals surface area contributed by atoms with Crippen molar-refractivity contribution < 1.29 is 4.90 Å². The molecule has 0 atom stereocenters. The fraction of sp³-hybridized carbons (Fsp3) is 0.600. The van der Waals surface area contributed by atoms with Crippen molar-refractivity contribution in [1.82, 2.24) is 14.8 Å². The van der Waals surface area contributed by atoms with Gasteiger partial charge in [0.2, 0.25) is 0 Å². The summed E-state index contributed by atoms with van der Waals surface area (Å²) < 4.78 is 2.24. The molecule has 0 aliphatic carbocycles. The summed E-state index contributed by atoms with van der Waals surface area (Å²) in [5, 5.41) is 13.5. The van der Waals surface area contributed by atoms with Crippen LogP contribution in [-0.4, -0.2) is 40.2 Å². The molecule has 0 unspecified atom stereocenters. The molecule has 1 fully saturated rings. The van der Waals surface area contributed by atoms with Gasteiger partial charge in [-0.15, -0.1) is 10.2 Å². The molecular formula is C20H32N5S+. The molecule has 2 N–H and O–H groups in total. The molecule has 5 nitrogen and oxygen atoms in total. The van der Waals surface area contributed by atoms with Gasteiger partial charge in [0, 0.05) is 12.2 Å². The van der Waals surface area contributed by atoms with Crippen molar-refractivity contribution in [3.63, 3.8) is 0 Å². The third-order valence-corrected chi connectivity index (χ3v) is 6.14. The van der Waals surface area contributed by atoms with Gasteiger partial charge in [0.25, 0.3) is 0 Å². The van der Waals surface area contributed by atoms with Crippen LogP contribution in [-0.2, 0) is 13.1 Å². The Morgan fingerprint density at radius 1 is 1.15 bits per heavy atom. The van der Waals surface area contributed by atoms with E-state index in [1.165, 1.54) is 55.7 Å². The lowest BCUT2D eigenvalue weighted by atomic mass is 10.1. The number of anilines is 1. The number of quaternary nitrogens is 1. The zero-order valence-electron chi connectivity index (χ0n) is 16.3. The van der Waals surface area contributed by atoms with Gasteiger partial charge < -0.3 is 14.8 Å². The monoisotopic (exact) mass is 374 g/mol. The summed E-state index contributed by atoms with van der Waals surface area (Å²) in [5.74, 6) is 2.14. The van der Waals surface area contributed by atoms with E-state index in [0.29, 0.717) is 6.54 Å². The minimum Gasteiger partial charge on any atom is -0.378 e. The minimum absolute atomic E-state index is 0.711. The van der Waals surface area contributed by atoms with E-state index in [2.05, 4.69) is 59.1 Å². The average molecular weight is 375 g/mol. The molecule has 0 saturated carbocycles. The van der Waals surface area contributed by atoms with Crippen LogP contribution in [0.5, 0.6) is 0 Å². The normalized spacial score (nSPS) is 15.3. The minimum atomic E-state index is 0.711. The molecule has 1 saturated heterocycles. The van der Waals surface area contributed by atoms with Crippen LogP contribution >= 0.6 is 11.8 Å². The predicted molar refractivity (Wildman–Crippen MR) is 109 cm³/mol. The summed E-state index contributed by atoms with van der Waals surface area (Å²) in [6.07, 6.45) is 4.19. The van der Waals surface area contributed by atoms with Gasteiger partial charge in [-0.3, -0.25) is 0 Å². The van der Waals surface area contributed by atoms with E-state index < -0.39 is 0 Å². The molecule has 26 heavy (non-hydrogen) atoms. The highest BCUT2D eigenvalue weighted by Gasteiger charge is 2.15. The van der Waals surface area contributed by atoms with Gasteiger partial charge in [0.1, 0.15) is 0 Å². The summed E-state index contributed by atoms with van der Waals surface area (Å²) >= 11 is 1.85. The zero-order valence-corrected chi connectivity index (χ0v) is 17.2. The van der Waals surface area contributed by atoms with Crippen LogP contribution in [0, 0.1) is 13.8 Å². The molecule has 0 radical (unpaired) electrons. The Kier molecular flexibility index (Phi) is 6.97. The second-order valence-corrected chi connectivity index (χ2v) is 8.29. The van der Waals surface area contributed by atoms with Gasteiger partial charge in [-0.25, -0.2) is 0 Å². The van der Waals surface area contributed by atoms with Crippen molar-refractivity contribution in [1.29, 1.82) is 0 Å². The number of piperidine rings is 1. The Bertz CT molecular complexity index is 706. The van der Waals surface area contributed by atoms with E-state index in [0.717, 1.165) is 23.3 Å². The summed E-state index contributed by atoms with van der Waals surface area (Å²) in [7, 11) is 0. The maximum absolute atomic E-state index is 4.45. The Hall–Kier alpha value is -1.53. The highest BCUT2D eigenvalue weighted by Crippen LogP contribution is 2.19. The Labute approximate surface area is 161 Å². The van der Waals surface area contributed by atoms with E-state index >= 15 is 0 Å². The summed E-state index contributed by atoms with van der Waals surface area (Å²) in [5.41, 5.74) is 3.73. The molecule has 6 heteroatoms. The van der Waals surface area contributed by atoms with Crippen LogP contribution in [0.1, 0.15) is 43.1 Å². The fourth-order valence-corrected chi connectivity index (χ4v) is 4.71. The lowest BCUT2D eigenvalue weighted by Gasteiger charge is -2.23. The van der Waals surface area contributed by atoms with E-state index in [9.17, 15) is 0 Å². The smallest absolute Gasteiger partial charge is 0.191 e. The van der Waals surface area contributed by atoms with Crippen molar-refractivity contribution in [2.75, 3.05) is 30.7 Å². The third kappa shape index (κ3) is 5.01. The molecule has 3 rings (SSSR count). The number of thioether (sulfide) groups is 1. The van der Waals surface area contributed by atoms with Crippen molar-refractivity contribution >= 4 is 17.4 Å². The van der Waals surface area contributed by atoms with Crippen LogP contribution in [0.3, 0.4) is 0 Å². The summed E-state index contributed by atoms with van der Waals surface area (Å²) in [6, 6.07) is 6.50. The van der Waals surface area contributed by atoms with E-state index in [1.807, 2.05) is 11.8 Å². The van der Waals surface area contributed by atoms with Gasteiger partial charge >= 0.3 is 0 Å². The second kappa shape index (κ2) is 9.42. The number of hydrogen-bond acceptors (Lipinski definition) is 4. The van der Waals surface area contributed by atoms with Crippen LogP contribution in [0.25, 0.3) is 0 Å². The first kappa shape index (κ1) is 19.2. The first-order valence-electron chi connectivity index (χ1n) is 9.87. The van der Waals surface area contributed by atoms with Gasteiger partial charge in [-0.1, -0.05) is 29.5 Å². The lowest BCUT2D eigenvalue weighted by Crippen LogP contribution is -3.13. The van der Waals surface area contributed by atoms with Crippen LogP contribution in [0.4, 0.5) is 5.69 Å². The van der Waals surface area contributed by atoms with Crippen molar-refractivity contribution in [3.8, 4) is 0 Å². The summed E-state index contributed by atoms with van der Waals surface area (Å²) in [6.45, 7) is 12.0. The molecule has 142 valence electrons. The molecule has 1 aliphatic heterocycles. The Morgan fingerprint density at radius 3 is 2.69 bits per heavy atom. The van der Waals surface area contributed by atoms with E-state index in [4.69, 9.17) is 0 Å². The van der Waals surface area contributed by atoms with E-state index in [1.54, 1.807) is 4.90 Å². The maximum atomic E-state index is 4.45. The number of hydrogen-bond donors (Lipinski definition) is 2. The van der Waals surface area contributed by atoms with E-state index in [-0.39, 0.29) is 0 Å². The lowest BCUT2D eigenvalue weighted by molar-refractivity contribution is -0.902. The van der Waals surface area contributed by atoms with Crippen LogP contribution in [0.15, 0.2) is 23.4 Å². The molecular weight excluding hydrogens is 342 g/mol. The van der Waals surface area contributed by atoms with Crippen molar-refractivity contribution in [3.05, 3.63) is 35.2 Å². The molecule has 0 spiro atoms. The predicted octanol–water partition coefficient (Wildman–Crippen LogP) is 2.69. The molecule has 0 bridgehead atoms. The number of benzene rings is 1. The first-order chi connectivity index (χ1) is 12.7. The number of nitrogens with zero attached hydrogens (tertiary/aromatic N) is 3. The molecule has 2 aromatic rings. The molecule has 1 aliphatic rings. The maximum Gasteiger partial charge on any atom is 0.191 e. The number of aromatic nitrogens is 3. The van der Waals surface area contributed by atoms with Gasteiger partial charge in [0.15, 0.2) is 11.0 Å². The number of nitrogens with one attached hydrogen (secondary N) is 2. The largest absolute Gasteiger partial charge is 0.378 e. The topological polar surface area (TPSA) is 47.2 Å². The highest BCUT2D eigenvalue weighted by molar-refractivity contribution is 7.99. The SMILES string of the molecule is CCn1c(CNc2ccc(C)cc2C)nnc1SCC[NH+]1CCCCC1. The highest BCUT2D eigenvalue weighted by atomic mass is 32.2. The number of aryl methyl sites for hydroxylation is 2. The first-order valence-corrected chi connectivity index (χ1v) is 10.9. The second-order valence-electron chi connectivity index (χ2n) is 7.22. The quantitative estimate of drug-likeness (QED) is 0.698. The van der Waals surface area contributed by atoms with Crippen LogP contribution in [0.2, 0.25) is 0 Å². The van der Waals surface area contributed by atoms with Crippen molar-refractivity contribution in [2.24, 2.45) is 0 Å². The fourth-order valence-electron chi connectivity index (χ4n) is 3.65. The van der Waals surface area contributed by atoms with Gasteiger partial charge in [-0.2, -0.15) is 0 Å². The Balaban J connectivity index is 1.55. The Morgan fingerprint density at radius 2 is 1.96 bits per heavy atom. The molecule has 0 amide bonds.